The Morgan fingerprint density at radius 2 is 2.08 bits per heavy atom. The van der Waals surface area contributed by atoms with Crippen LogP contribution < -0.4 is 10.5 Å². The van der Waals surface area contributed by atoms with Gasteiger partial charge in [0.2, 0.25) is 0 Å². The zero-order valence-corrected chi connectivity index (χ0v) is 15.2. The lowest BCUT2D eigenvalue weighted by Gasteiger charge is -2.43. The van der Waals surface area contributed by atoms with Crippen LogP contribution in [-0.2, 0) is 5.41 Å². The van der Waals surface area contributed by atoms with Crippen LogP contribution in [-0.4, -0.2) is 11.5 Å². The van der Waals surface area contributed by atoms with Crippen LogP contribution in [0.4, 0.5) is 5.00 Å². The van der Waals surface area contributed by atoms with Gasteiger partial charge in [-0.15, -0.1) is 0 Å². The molecule has 2 atom stereocenters. The molecule has 26 heavy (non-hydrogen) atoms. The van der Waals surface area contributed by atoms with E-state index in [9.17, 15) is 10.5 Å². The number of methoxy groups -OCH3 is 1. The van der Waals surface area contributed by atoms with E-state index in [0.29, 0.717) is 16.4 Å². The molecule has 1 heterocycles. The number of aromatic nitrogens is 1. The average Bonchev–Trinajstić information content (AvgIpc) is 3.09. The van der Waals surface area contributed by atoms with Gasteiger partial charge >= 0.3 is 0 Å². The van der Waals surface area contributed by atoms with Crippen LogP contribution in [0.15, 0.2) is 30.3 Å². The summed E-state index contributed by atoms with van der Waals surface area (Å²) >= 11 is 1.17. The highest BCUT2D eigenvalue weighted by Gasteiger charge is 2.55. The van der Waals surface area contributed by atoms with Gasteiger partial charge < -0.3 is 10.5 Å². The fraction of sp³-hybridized carbons (Fsp3) is 0.350. The maximum absolute atomic E-state index is 10.2. The molecule has 0 fully saturated rings. The first kappa shape index (κ1) is 16.6. The molecule has 1 aromatic carbocycles. The number of fused-ring (bicyclic) bond motifs is 3. The number of allylic oxidation sites excluding steroid dienone is 2. The highest BCUT2D eigenvalue weighted by molar-refractivity contribution is 7.10. The van der Waals surface area contributed by atoms with E-state index in [1.165, 1.54) is 11.5 Å². The standard InChI is InChI=1S/C20H18N4OS/c1-25-15-9-5-4-8-14(15)17-13-7-3-2-6-12(13)16-18(24-26-19(16)23)20(17,10-21)11-22/h4-6,8-9,13,17H,2-3,7,23H2,1H3/t13-,17-/m1/s1. The lowest BCUT2D eigenvalue weighted by molar-refractivity contribution is 0.349. The normalized spacial score (nSPS) is 23.0. The third kappa shape index (κ3) is 2.09. The largest absolute Gasteiger partial charge is 0.496 e. The minimum absolute atomic E-state index is 0.0468. The molecule has 0 amide bonds. The van der Waals surface area contributed by atoms with Crippen LogP contribution in [0.5, 0.6) is 5.75 Å². The number of hydrogen-bond donors (Lipinski definition) is 1. The van der Waals surface area contributed by atoms with Crippen LogP contribution in [0.2, 0.25) is 0 Å². The van der Waals surface area contributed by atoms with E-state index in [0.717, 1.165) is 36.0 Å². The summed E-state index contributed by atoms with van der Waals surface area (Å²) in [6.45, 7) is 0. The van der Waals surface area contributed by atoms with E-state index in [2.05, 4.69) is 22.6 Å². The first-order valence-corrected chi connectivity index (χ1v) is 9.36. The maximum atomic E-state index is 10.2. The Hall–Kier alpha value is -2.83. The topological polar surface area (TPSA) is 95.7 Å². The van der Waals surface area contributed by atoms with E-state index in [-0.39, 0.29) is 11.8 Å². The summed E-state index contributed by atoms with van der Waals surface area (Å²) < 4.78 is 10.0. The van der Waals surface area contributed by atoms with Gasteiger partial charge in [-0.25, -0.2) is 0 Å². The van der Waals surface area contributed by atoms with Gasteiger partial charge in [0.1, 0.15) is 10.8 Å². The van der Waals surface area contributed by atoms with Gasteiger partial charge in [-0.1, -0.05) is 24.3 Å². The third-order valence-electron chi connectivity index (χ3n) is 5.56. The predicted molar refractivity (Wildman–Crippen MR) is 100 cm³/mol. The minimum Gasteiger partial charge on any atom is -0.496 e. The number of nitrogens with two attached hydrogens (primary N) is 1. The zero-order chi connectivity index (χ0) is 18.3. The summed E-state index contributed by atoms with van der Waals surface area (Å²) in [6, 6.07) is 12.3. The van der Waals surface area contributed by atoms with Crippen LogP contribution >= 0.6 is 11.5 Å². The van der Waals surface area contributed by atoms with Crippen molar-refractivity contribution in [3.63, 3.8) is 0 Å². The van der Waals surface area contributed by atoms with E-state index in [1.807, 2.05) is 24.3 Å². The van der Waals surface area contributed by atoms with Crippen molar-refractivity contribution >= 4 is 22.1 Å². The van der Waals surface area contributed by atoms with Crippen LogP contribution in [0.1, 0.15) is 42.0 Å². The SMILES string of the molecule is COc1ccccc1[C@H]1[C@@H]2CCCC=C2c2c(nsc2N)C1(C#N)C#N. The molecule has 0 radical (unpaired) electrons. The van der Waals surface area contributed by atoms with Gasteiger partial charge in [0.15, 0.2) is 5.41 Å². The van der Waals surface area contributed by atoms with Gasteiger partial charge in [0, 0.05) is 17.0 Å². The summed E-state index contributed by atoms with van der Waals surface area (Å²) in [4.78, 5) is 0. The molecule has 0 saturated heterocycles. The van der Waals surface area contributed by atoms with Crippen molar-refractivity contribution in [1.29, 1.82) is 10.5 Å². The predicted octanol–water partition coefficient (Wildman–Crippen LogP) is 4.00. The monoisotopic (exact) mass is 362 g/mol. The summed E-state index contributed by atoms with van der Waals surface area (Å²) in [6.07, 6.45) is 5.12. The van der Waals surface area contributed by atoms with Gasteiger partial charge in [0.25, 0.3) is 0 Å². The molecule has 5 nitrogen and oxygen atoms in total. The number of nitriles is 2. The second-order valence-corrected chi connectivity index (χ2v) is 7.52. The van der Waals surface area contributed by atoms with Gasteiger partial charge in [0.05, 0.1) is 24.9 Å². The lowest BCUT2D eigenvalue weighted by Crippen LogP contribution is -2.41. The number of anilines is 1. The molecule has 130 valence electrons. The number of rotatable bonds is 2. The number of benzene rings is 1. The third-order valence-corrected chi connectivity index (χ3v) is 6.23. The number of ether oxygens (including phenoxy) is 1. The van der Waals surface area contributed by atoms with Crippen LogP contribution in [0, 0.1) is 28.6 Å². The minimum atomic E-state index is -1.38. The fourth-order valence-corrected chi connectivity index (χ4v) is 5.21. The van der Waals surface area contributed by atoms with Crippen LogP contribution in [0.3, 0.4) is 0 Å². The summed E-state index contributed by atoms with van der Waals surface area (Å²) in [5, 5.41) is 20.9. The number of hydrogen-bond acceptors (Lipinski definition) is 6. The Morgan fingerprint density at radius 3 is 2.81 bits per heavy atom. The summed E-state index contributed by atoms with van der Waals surface area (Å²) in [5.74, 6) is 0.406. The lowest BCUT2D eigenvalue weighted by atomic mass is 9.56. The molecule has 0 unspecified atom stereocenters. The van der Waals surface area contributed by atoms with Crippen molar-refractivity contribution in [2.45, 2.75) is 30.6 Å². The zero-order valence-electron chi connectivity index (χ0n) is 14.4. The first-order chi connectivity index (χ1) is 12.7. The fourth-order valence-electron chi connectivity index (χ4n) is 4.48. The summed E-state index contributed by atoms with van der Waals surface area (Å²) in [7, 11) is 1.62. The van der Waals surface area contributed by atoms with E-state index < -0.39 is 5.41 Å². The maximum Gasteiger partial charge on any atom is 0.194 e. The quantitative estimate of drug-likeness (QED) is 0.871. The molecule has 4 rings (SSSR count). The Balaban J connectivity index is 2.07. The smallest absolute Gasteiger partial charge is 0.194 e. The average molecular weight is 362 g/mol. The summed E-state index contributed by atoms with van der Waals surface area (Å²) in [5.41, 5.74) is 8.17. The molecule has 2 N–H and O–H groups in total. The Labute approximate surface area is 156 Å². The molecular weight excluding hydrogens is 344 g/mol. The Bertz CT molecular complexity index is 964. The molecule has 6 heteroatoms. The Morgan fingerprint density at radius 1 is 1.31 bits per heavy atom. The van der Waals surface area contributed by atoms with E-state index >= 15 is 0 Å². The van der Waals surface area contributed by atoms with E-state index in [1.54, 1.807) is 7.11 Å². The Kier molecular flexibility index (Phi) is 3.94. The van der Waals surface area contributed by atoms with Crippen molar-refractivity contribution in [2.75, 3.05) is 12.8 Å². The van der Waals surface area contributed by atoms with Gasteiger partial charge in [-0.3, -0.25) is 0 Å². The molecule has 0 saturated carbocycles. The molecule has 2 aromatic rings. The van der Waals surface area contributed by atoms with Crippen molar-refractivity contribution in [3.05, 3.63) is 47.2 Å². The molecule has 1 aromatic heterocycles. The first-order valence-electron chi connectivity index (χ1n) is 8.59. The number of nitrogens with zero attached hydrogens (tertiary/aromatic N) is 3. The van der Waals surface area contributed by atoms with Crippen molar-refractivity contribution < 1.29 is 4.74 Å². The van der Waals surface area contributed by atoms with Crippen molar-refractivity contribution in [1.82, 2.24) is 4.37 Å². The van der Waals surface area contributed by atoms with Gasteiger partial charge in [-0.2, -0.15) is 14.9 Å². The molecular formula is C20H18N4OS. The molecule has 2 aliphatic rings. The second-order valence-electron chi connectivity index (χ2n) is 6.72. The molecule has 0 bridgehead atoms. The number of nitrogen functional groups attached to an aromatic ring is 1. The number of para-hydroxylation sites is 1. The highest BCUT2D eigenvalue weighted by Crippen LogP contribution is 2.59. The molecule has 0 aliphatic heterocycles. The van der Waals surface area contributed by atoms with Crippen molar-refractivity contribution in [2.24, 2.45) is 5.92 Å². The van der Waals surface area contributed by atoms with Crippen LogP contribution in [0.25, 0.3) is 5.57 Å². The van der Waals surface area contributed by atoms with Gasteiger partial charge in [-0.05, 0) is 48.4 Å². The second kappa shape index (κ2) is 6.16. The van der Waals surface area contributed by atoms with E-state index in [4.69, 9.17) is 10.5 Å². The highest BCUT2D eigenvalue weighted by atomic mass is 32.1. The molecule has 2 aliphatic carbocycles. The molecule has 0 spiro atoms. The van der Waals surface area contributed by atoms with Crippen molar-refractivity contribution in [3.8, 4) is 17.9 Å².